The first-order valence-corrected chi connectivity index (χ1v) is 16.1. The van der Waals surface area contributed by atoms with Gasteiger partial charge in [-0.3, -0.25) is 4.99 Å². The lowest BCUT2D eigenvalue weighted by Crippen LogP contribution is -2.57. The molecular formula is C30H46ClN7O3S. The van der Waals surface area contributed by atoms with Crippen LogP contribution in [0.15, 0.2) is 34.0 Å². The molecule has 232 valence electrons. The van der Waals surface area contributed by atoms with Gasteiger partial charge in [-0.05, 0) is 104 Å². The molecule has 0 unspecified atom stereocenters. The number of anilines is 3. The Hall–Kier alpha value is -2.89. The molecule has 0 spiro atoms. The number of piperidine rings is 1. The summed E-state index contributed by atoms with van der Waals surface area (Å²) in [5, 5.41) is 9.08. The Morgan fingerprint density at radius 2 is 1.81 bits per heavy atom. The first-order valence-electron chi connectivity index (χ1n) is 14.2. The standard InChI is InChI=1S/C30H46ClN7O3S/c1-17(2)41-25-12-21(20-13-29(6,7)38-30(8,9)14-20)19(5)11-23(25)36-28-34-15-22(31)27(37-28)35-24(16-33-10)26(32)42(39,40)18(3)4/h11-12,15-18,20,38H,13-14,32H2,1-10H3,(H2,34,35,36,37). The second-order valence-electron chi connectivity index (χ2n) is 12.8. The molecule has 2 heterocycles. The van der Waals surface area contributed by atoms with E-state index in [0.717, 1.165) is 18.4 Å². The molecule has 5 N–H and O–H groups in total. The van der Waals surface area contributed by atoms with Gasteiger partial charge in [-0.1, -0.05) is 11.6 Å². The van der Waals surface area contributed by atoms with Crippen LogP contribution in [-0.2, 0) is 9.84 Å². The van der Waals surface area contributed by atoms with E-state index in [4.69, 9.17) is 22.1 Å². The Morgan fingerprint density at radius 1 is 1.19 bits per heavy atom. The number of aromatic nitrogens is 2. The van der Waals surface area contributed by atoms with E-state index >= 15 is 0 Å². The fraction of sp³-hybridized carbons (Fsp3) is 0.567. The van der Waals surface area contributed by atoms with Crippen molar-refractivity contribution in [2.75, 3.05) is 17.7 Å². The van der Waals surface area contributed by atoms with E-state index in [1.807, 2.05) is 13.8 Å². The van der Waals surface area contributed by atoms with Crippen LogP contribution in [0.25, 0.3) is 0 Å². The summed E-state index contributed by atoms with van der Waals surface area (Å²) >= 11 is 6.40. The highest BCUT2D eigenvalue weighted by molar-refractivity contribution is 7.95. The molecular weight excluding hydrogens is 574 g/mol. The smallest absolute Gasteiger partial charge is 0.229 e. The first kappa shape index (κ1) is 33.6. The van der Waals surface area contributed by atoms with E-state index in [-0.39, 0.29) is 44.7 Å². The summed E-state index contributed by atoms with van der Waals surface area (Å²) < 4.78 is 31.7. The molecule has 2 aromatic rings. The zero-order chi connectivity index (χ0) is 31.6. The van der Waals surface area contributed by atoms with Crippen molar-refractivity contribution in [1.29, 1.82) is 0 Å². The van der Waals surface area contributed by atoms with Crippen molar-refractivity contribution in [1.82, 2.24) is 15.3 Å². The van der Waals surface area contributed by atoms with E-state index in [2.05, 4.69) is 77.7 Å². The summed E-state index contributed by atoms with van der Waals surface area (Å²) in [5.41, 5.74) is 9.22. The predicted octanol–water partition coefficient (Wildman–Crippen LogP) is 6.06. The van der Waals surface area contributed by atoms with Crippen LogP contribution < -0.4 is 26.4 Å². The molecule has 10 nitrogen and oxygen atoms in total. The first-order chi connectivity index (χ1) is 19.3. The fourth-order valence-corrected chi connectivity index (χ4v) is 6.65. The van der Waals surface area contributed by atoms with Crippen LogP contribution in [0.4, 0.5) is 17.5 Å². The number of nitrogens with zero attached hydrogens (tertiary/aromatic N) is 3. The van der Waals surface area contributed by atoms with E-state index < -0.39 is 15.1 Å². The Balaban J connectivity index is 2.02. The van der Waals surface area contributed by atoms with E-state index in [1.165, 1.54) is 25.0 Å². The number of aryl methyl sites for hydroxylation is 1. The predicted molar refractivity (Wildman–Crippen MR) is 174 cm³/mol. The number of rotatable bonds is 10. The van der Waals surface area contributed by atoms with Gasteiger partial charge in [0, 0.05) is 24.3 Å². The number of halogens is 1. The molecule has 12 heteroatoms. The molecule has 1 aliphatic heterocycles. The van der Waals surface area contributed by atoms with Crippen LogP contribution in [0.1, 0.15) is 85.3 Å². The van der Waals surface area contributed by atoms with E-state index in [9.17, 15) is 8.42 Å². The quantitative estimate of drug-likeness (QED) is 0.233. The molecule has 0 amide bonds. The van der Waals surface area contributed by atoms with E-state index in [1.54, 1.807) is 13.8 Å². The summed E-state index contributed by atoms with van der Waals surface area (Å²) in [6.45, 7) is 18.2. The third-order valence-electron chi connectivity index (χ3n) is 7.06. The molecule has 42 heavy (non-hydrogen) atoms. The maximum absolute atomic E-state index is 12.7. The molecule has 0 saturated carbocycles. The van der Waals surface area contributed by atoms with Crippen LogP contribution in [0.2, 0.25) is 5.02 Å². The minimum absolute atomic E-state index is 0.00305. The number of nitrogens with one attached hydrogen (secondary N) is 3. The molecule has 0 atom stereocenters. The van der Waals surface area contributed by atoms with Gasteiger partial charge < -0.3 is 26.4 Å². The molecule has 0 bridgehead atoms. The summed E-state index contributed by atoms with van der Waals surface area (Å²) in [6.07, 6.45) is 4.70. The van der Waals surface area contributed by atoms with Crippen molar-refractivity contribution in [3.05, 3.63) is 45.2 Å². The maximum Gasteiger partial charge on any atom is 0.229 e. The van der Waals surface area contributed by atoms with Crippen LogP contribution in [0.5, 0.6) is 5.75 Å². The van der Waals surface area contributed by atoms with Crippen LogP contribution in [0, 0.1) is 6.92 Å². The molecule has 1 aromatic heterocycles. The minimum Gasteiger partial charge on any atom is -0.489 e. The van der Waals surface area contributed by atoms with Gasteiger partial charge in [-0.2, -0.15) is 4.98 Å². The Morgan fingerprint density at radius 3 is 2.36 bits per heavy atom. The number of ether oxygens (including phenoxy) is 1. The summed E-state index contributed by atoms with van der Waals surface area (Å²) in [4.78, 5) is 12.8. The second-order valence-corrected chi connectivity index (χ2v) is 15.6. The topological polar surface area (TPSA) is 144 Å². The van der Waals surface area contributed by atoms with Crippen molar-refractivity contribution in [3.63, 3.8) is 0 Å². The minimum atomic E-state index is -3.76. The van der Waals surface area contributed by atoms with Gasteiger partial charge in [0.15, 0.2) is 20.7 Å². The zero-order valence-electron chi connectivity index (χ0n) is 26.4. The van der Waals surface area contributed by atoms with Crippen molar-refractivity contribution in [2.24, 2.45) is 10.7 Å². The molecule has 1 saturated heterocycles. The van der Waals surface area contributed by atoms with Crippen LogP contribution >= 0.6 is 11.6 Å². The van der Waals surface area contributed by atoms with E-state index in [0.29, 0.717) is 17.4 Å². The lowest BCUT2D eigenvalue weighted by molar-refractivity contribution is 0.161. The third kappa shape index (κ3) is 8.14. The highest BCUT2D eigenvalue weighted by Crippen LogP contribution is 2.43. The van der Waals surface area contributed by atoms with Gasteiger partial charge in [0.25, 0.3) is 0 Å². The Bertz CT molecular complexity index is 1450. The summed E-state index contributed by atoms with van der Waals surface area (Å²) in [5.74, 6) is 1.47. The number of hydrogen-bond acceptors (Lipinski definition) is 10. The van der Waals surface area contributed by atoms with Crippen molar-refractivity contribution in [2.45, 2.75) is 104 Å². The monoisotopic (exact) mass is 619 g/mol. The van der Waals surface area contributed by atoms with Crippen molar-refractivity contribution < 1.29 is 13.2 Å². The van der Waals surface area contributed by atoms with Crippen molar-refractivity contribution in [3.8, 4) is 5.75 Å². The number of benzene rings is 1. The molecule has 1 aliphatic rings. The lowest BCUT2D eigenvalue weighted by Gasteiger charge is -2.47. The van der Waals surface area contributed by atoms with Gasteiger partial charge in [-0.15, -0.1) is 0 Å². The third-order valence-corrected chi connectivity index (χ3v) is 9.41. The number of allylic oxidation sites excluding steroid dienone is 1. The second kappa shape index (κ2) is 12.8. The normalized spacial score (nSPS) is 17.9. The van der Waals surface area contributed by atoms with Crippen molar-refractivity contribution >= 4 is 45.1 Å². The summed E-state index contributed by atoms with van der Waals surface area (Å²) in [7, 11) is -2.25. The number of aliphatic imine (C=N–C) groups is 1. The van der Waals surface area contributed by atoms with Gasteiger partial charge in [0.2, 0.25) is 5.95 Å². The zero-order valence-corrected chi connectivity index (χ0v) is 28.0. The molecule has 1 aromatic carbocycles. The molecule has 1 fully saturated rings. The Kier molecular flexibility index (Phi) is 10.2. The van der Waals surface area contributed by atoms with Crippen LogP contribution in [-0.4, -0.2) is 54.1 Å². The highest BCUT2D eigenvalue weighted by Gasteiger charge is 2.39. The fourth-order valence-electron chi connectivity index (χ4n) is 5.59. The SMILES string of the molecule is CN=CC(Nc1nc(Nc2cc(C)c(C3CC(C)(C)NC(C)(C)C3)cc2OC(C)C)ncc1Cl)=C(N)S(=O)(=O)C(C)C. The lowest BCUT2D eigenvalue weighted by atomic mass is 9.72. The number of nitrogens with two attached hydrogens (primary N) is 1. The van der Waals surface area contributed by atoms with Gasteiger partial charge >= 0.3 is 0 Å². The number of sulfone groups is 1. The van der Waals surface area contributed by atoms with Gasteiger partial charge in [-0.25, -0.2) is 13.4 Å². The average molecular weight is 620 g/mol. The average Bonchev–Trinajstić information content (AvgIpc) is 2.84. The highest BCUT2D eigenvalue weighted by atomic mass is 35.5. The van der Waals surface area contributed by atoms with Crippen LogP contribution in [0.3, 0.4) is 0 Å². The number of hydrogen-bond donors (Lipinski definition) is 4. The van der Waals surface area contributed by atoms with Gasteiger partial charge in [0.1, 0.15) is 10.8 Å². The molecule has 0 aliphatic carbocycles. The molecule has 0 radical (unpaired) electrons. The maximum atomic E-state index is 12.7. The van der Waals surface area contributed by atoms with Gasteiger partial charge in [0.05, 0.1) is 28.9 Å². The molecule has 3 rings (SSSR count). The Labute approximate surface area is 255 Å². The largest absolute Gasteiger partial charge is 0.489 e. The summed E-state index contributed by atoms with van der Waals surface area (Å²) in [6, 6.07) is 4.19.